The summed E-state index contributed by atoms with van der Waals surface area (Å²) in [6.07, 6.45) is 0.608. The molecule has 102 valence electrons. The van der Waals surface area contributed by atoms with Crippen molar-refractivity contribution >= 4 is 23.2 Å². The third-order valence-electron chi connectivity index (χ3n) is 3.27. The molecule has 1 unspecified atom stereocenters. The van der Waals surface area contributed by atoms with E-state index in [0.29, 0.717) is 16.5 Å². The number of aromatic nitrogens is 2. The number of hydrogen-bond donors (Lipinski definition) is 1. The minimum absolute atomic E-state index is 0.0181. The highest BCUT2D eigenvalue weighted by molar-refractivity contribution is 6.32. The van der Waals surface area contributed by atoms with E-state index in [4.69, 9.17) is 23.2 Å². The van der Waals surface area contributed by atoms with Gasteiger partial charge in [0.05, 0.1) is 23.0 Å². The number of halogens is 2. The largest absolute Gasteiger partial charge is 0.396 e. The highest BCUT2D eigenvalue weighted by Gasteiger charge is 2.19. The number of rotatable bonds is 4. The first-order valence-electron chi connectivity index (χ1n) is 6.07. The summed E-state index contributed by atoms with van der Waals surface area (Å²) in [5.41, 5.74) is 2.65. The van der Waals surface area contributed by atoms with Gasteiger partial charge in [0, 0.05) is 18.0 Å². The average Bonchev–Trinajstić information content (AvgIpc) is 2.63. The number of nitrogens with zero attached hydrogens (tertiary/aromatic N) is 2. The lowest BCUT2D eigenvalue weighted by Gasteiger charge is -2.16. The Morgan fingerprint density at radius 3 is 2.53 bits per heavy atom. The summed E-state index contributed by atoms with van der Waals surface area (Å²) in [5.74, 6) is -0.0824. The zero-order chi connectivity index (χ0) is 14.0. The first kappa shape index (κ1) is 14.4. The van der Waals surface area contributed by atoms with Crippen LogP contribution in [-0.4, -0.2) is 21.5 Å². The summed E-state index contributed by atoms with van der Waals surface area (Å²) in [7, 11) is 1.86. The molecule has 0 fully saturated rings. The van der Waals surface area contributed by atoms with Crippen molar-refractivity contribution in [3.8, 4) is 0 Å². The third kappa shape index (κ3) is 2.94. The molecule has 0 aliphatic carbocycles. The van der Waals surface area contributed by atoms with Gasteiger partial charge in [0.15, 0.2) is 0 Å². The van der Waals surface area contributed by atoms with Crippen molar-refractivity contribution in [1.29, 1.82) is 0 Å². The van der Waals surface area contributed by atoms with Crippen LogP contribution in [0.15, 0.2) is 24.3 Å². The van der Waals surface area contributed by atoms with Crippen molar-refractivity contribution in [3.63, 3.8) is 0 Å². The Hall–Kier alpha value is -1.03. The van der Waals surface area contributed by atoms with Crippen LogP contribution in [0.25, 0.3) is 0 Å². The van der Waals surface area contributed by atoms with Crippen molar-refractivity contribution in [1.82, 2.24) is 9.78 Å². The van der Waals surface area contributed by atoms with Gasteiger partial charge in [-0.05, 0) is 25.0 Å². The van der Waals surface area contributed by atoms with Gasteiger partial charge in [0.2, 0.25) is 0 Å². The van der Waals surface area contributed by atoms with Crippen LogP contribution in [0.5, 0.6) is 0 Å². The van der Waals surface area contributed by atoms with Gasteiger partial charge in [0.25, 0.3) is 0 Å². The summed E-state index contributed by atoms with van der Waals surface area (Å²) in [6, 6.07) is 7.55. The van der Waals surface area contributed by atoms with Crippen molar-refractivity contribution in [3.05, 3.63) is 51.3 Å². The smallest absolute Gasteiger partial charge is 0.0847 e. The number of hydrogen-bond acceptors (Lipinski definition) is 2. The molecular weight excluding hydrogens is 283 g/mol. The quantitative estimate of drug-likeness (QED) is 0.940. The fourth-order valence-electron chi connectivity index (χ4n) is 2.21. The van der Waals surface area contributed by atoms with E-state index in [2.05, 4.69) is 5.10 Å². The molecule has 0 bridgehead atoms. The summed E-state index contributed by atoms with van der Waals surface area (Å²) >= 11 is 12.4. The molecule has 0 aliphatic rings. The summed E-state index contributed by atoms with van der Waals surface area (Å²) in [4.78, 5) is 0. The molecule has 1 heterocycles. The standard InChI is InChI=1S/C14H16Cl2N2O/c1-9-14(16)13(18(2)17-9)7-10(8-19)11-5-3-4-6-12(11)15/h3-6,10,19H,7-8H2,1-2H3. The molecule has 0 spiro atoms. The van der Waals surface area contributed by atoms with E-state index in [1.807, 2.05) is 38.2 Å². The van der Waals surface area contributed by atoms with Crippen LogP contribution < -0.4 is 0 Å². The fourth-order valence-corrected chi connectivity index (χ4v) is 2.74. The normalized spacial score (nSPS) is 12.7. The molecule has 0 saturated carbocycles. The van der Waals surface area contributed by atoms with Crippen LogP contribution >= 0.6 is 23.2 Å². The van der Waals surface area contributed by atoms with Crippen molar-refractivity contribution in [2.45, 2.75) is 19.3 Å². The number of aliphatic hydroxyl groups is 1. The Morgan fingerprint density at radius 1 is 1.32 bits per heavy atom. The second-order valence-electron chi connectivity index (χ2n) is 4.57. The van der Waals surface area contributed by atoms with Crippen molar-refractivity contribution in [2.75, 3.05) is 6.61 Å². The summed E-state index contributed by atoms with van der Waals surface area (Å²) < 4.78 is 1.76. The topological polar surface area (TPSA) is 38.0 Å². The van der Waals surface area contributed by atoms with E-state index >= 15 is 0 Å². The van der Waals surface area contributed by atoms with Gasteiger partial charge in [-0.2, -0.15) is 5.10 Å². The van der Waals surface area contributed by atoms with Crippen LogP contribution in [0.1, 0.15) is 22.9 Å². The van der Waals surface area contributed by atoms with Gasteiger partial charge in [-0.15, -0.1) is 0 Å². The third-order valence-corrected chi connectivity index (χ3v) is 4.10. The molecular formula is C14H16Cl2N2O. The van der Waals surface area contributed by atoms with Gasteiger partial charge in [-0.3, -0.25) is 4.68 Å². The Balaban J connectivity index is 2.32. The molecule has 0 amide bonds. The minimum atomic E-state index is -0.0824. The maximum absolute atomic E-state index is 9.62. The lowest BCUT2D eigenvalue weighted by atomic mass is 9.95. The van der Waals surface area contributed by atoms with Crippen LogP contribution in [-0.2, 0) is 13.5 Å². The molecule has 1 N–H and O–H groups in total. The summed E-state index contributed by atoms with van der Waals surface area (Å²) in [6.45, 7) is 1.89. The SMILES string of the molecule is Cc1nn(C)c(CC(CO)c2ccccc2Cl)c1Cl. The van der Waals surface area contributed by atoms with Crippen LogP contribution in [0.4, 0.5) is 0 Å². The molecule has 2 aromatic rings. The molecule has 5 heteroatoms. The Morgan fingerprint density at radius 2 is 2.00 bits per heavy atom. The van der Waals surface area contributed by atoms with E-state index < -0.39 is 0 Å². The molecule has 19 heavy (non-hydrogen) atoms. The lowest BCUT2D eigenvalue weighted by Crippen LogP contribution is -2.11. The van der Waals surface area contributed by atoms with E-state index in [-0.39, 0.29) is 12.5 Å². The van der Waals surface area contributed by atoms with Gasteiger partial charge < -0.3 is 5.11 Å². The predicted molar refractivity (Wildman–Crippen MR) is 77.9 cm³/mol. The fraction of sp³-hybridized carbons (Fsp3) is 0.357. The number of aliphatic hydroxyl groups excluding tert-OH is 1. The number of aryl methyl sites for hydroxylation is 2. The van der Waals surface area contributed by atoms with Crippen LogP contribution in [0.2, 0.25) is 10.0 Å². The Bertz CT molecular complexity index is 581. The molecule has 0 radical (unpaired) electrons. The maximum atomic E-state index is 9.62. The zero-order valence-corrected chi connectivity index (χ0v) is 12.4. The van der Waals surface area contributed by atoms with Gasteiger partial charge in [-0.25, -0.2) is 0 Å². The molecule has 2 rings (SSSR count). The van der Waals surface area contributed by atoms with E-state index in [0.717, 1.165) is 17.0 Å². The second kappa shape index (κ2) is 5.95. The van der Waals surface area contributed by atoms with E-state index in [1.165, 1.54) is 0 Å². The first-order valence-corrected chi connectivity index (χ1v) is 6.83. The first-order chi connectivity index (χ1) is 9.04. The van der Waals surface area contributed by atoms with Gasteiger partial charge >= 0.3 is 0 Å². The van der Waals surface area contributed by atoms with E-state index in [9.17, 15) is 5.11 Å². The highest BCUT2D eigenvalue weighted by atomic mass is 35.5. The lowest BCUT2D eigenvalue weighted by molar-refractivity contribution is 0.263. The Labute approximate surface area is 122 Å². The molecule has 3 nitrogen and oxygen atoms in total. The van der Waals surface area contributed by atoms with Crippen LogP contribution in [0, 0.1) is 6.92 Å². The molecule has 0 saturated heterocycles. The molecule has 0 aliphatic heterocycles. The monoisotopic (exact) mass is 298 g/mol. The van der Waals surface area contributed by atoms with Gasteiger partial charge in [-0.1, -0.05) is 41.4 Å². The van der Waals surface area contributed by atoms with Gasteiger partial charge in [0.1, 0.15) is 0 Å². The second-order valence-corrected chi connectivity index (χ2v) is 5.36. The zero-order valence-electron chi connectivity index (χ0n) is 10.9. The number of benzene rings is 1. The Kier molecular flexibility index (Phi) is 4.50. The van der Waals surface area contributed by atoms with Crippen LogP contribution in [0.3, 0.4) is 0 Å². The maximum Gasteiger partial charge on any atom is 0.0847 e. The van der Waals surface area contributed by atoms with E-state index in [1.54, 1.807) is 4.68 Å². The molecule has 1 aromatic heterocycles. The van der Waals surface area contributed by atoms with Crippen molar-refractivity contribution < 1.29 is 5.11 Å². The molecule has 1 atom stereocenters. The average molecular weight is 299 g/mol. The molecule has 1 aromatic carbocycles. The minimum Gasteiger partial charge on any atom is -0.396 e. The highest BCUT2D eigenvalue weighted by Crippen LogP contribution is 2.30. The predicted octanol–water partition coefficient (Wildman–Crippen LogP) is 3.35. The van der Waals surface area contributed by atoms with Crippen molar-refractivity contribution in [2.24, 2.45) is 7.05 Å². The summed E-state index contributed by atoms with van der Waals surface area (Å²) in [5, 5.41) is 15.2.